The second-order valence-corrected chi connectivity index (χ2v) is 7.42. The lowest BCUT2D eigenvalue weighted by atomic mass is 10.0. The topological polar surface area (TPSA) is 56.8 Å². The van der Waals surface area contributed by atoms with Gasteiger partial charge in [0.15, 0.2) is 0 Å². The van der Waals surface area contributed by atoms with E-state index in [1.807, 2.05) is 32.0 Å². The summed E-state index contributed by atoms with van der Waals surface area (Å²) in [7, 11) is 2.16. The first-order chi connectivity index (χ1) is 12.4. The molecule has 0 radical (unpaired) electrons. The van der Waals surface area contributed by atoms with Gasteiger partial charge in [-0.25, -0.2) is 4.79 Å². The van der Waals surface area contributed by atoms with E-state index < -0.39 is 0 Å². The van der Waals surface area contributed by atoms with E-state index in [-0.39, 0.29) is 6.03 Å². The standard InChI is InChI=1S/C20H34N4O2/c1-6-26-19-13-16(4)7-8-17(19)22-20(25)21-14-18(15(2)3)24-11-9-23(5)10-12-24/h7-8,13,15,18H,6,9-12,14H2,1-5H3,(H2,21,22,25). The Morgan fingerprint density at radius 3 is 2.54 bits per heavy atom. The second-order valence-electron chi connectivity index (χ2n) is 7.42. The highest BCUT2D eigenvalue weighted by Gasteiger charge is 2.25. The fraction of sp³-hybridized carbons (Fsp3) is 0.650. The minimum Gasteiger partial charge on any atom is -0.492 e. The molecular formula is C20H34N4O2. The monoisotopic (exact) mass is 362 g/mol. The molecule has 2 amide bonds. The van der Waals surface area contributed by atoms with Crippen molar-refractivity contribution in [2.75, 3.05) is 51.7 Å². The van der Waals surface area contributed by atoms with Crippen LogP contribution < -0.4 is 15.4 Å². The SMILES string of the molecule is CCOc1cc(C)ccc1NC(=O)NCC(C(C)C)N1CCN(C)CC1. The van der Waals surface area contributed by atoms with Gasteiger partial charge < -0.3 is 20.3 Å². The number of hydrogen-bond donors (Lipinski definition) is 2. The van der Waals surface area contributed by atoms with Crippen LogP contribution in [0, 0.1) is 12.8 Å². The zero-order chi connectivity index (χ0) is 19.1. The largest absolute Gasteiger partial charge is 0.492 e. The van der Waals surface area contributed by atoms with Gasteiger partial charge in [0, 0.05) is 38.8 Å². The van der Waals surface area contributed by atoms with E-state index in [0.29, 0.717) is 36.5 Å². The second kappa shape index (κ2) is 9.78. The van der Waals surface area contributed by atoms with E-state index in [0.717, 1.165) is 31.7 Å². The normalized spacial score (nSPS) is 17.2. The first kappa shape index (κ1) is 20.5. The van der Waals surface area contributed by atoms with E-state index in [9.17, 15) is 4.79 Å². The Labute approximate surface area is 157 Å². The highest BCUT2D eigenvalue weighted by molar-refractivity contribution is 5.91. The van der Waals surface area contributed by atoms with Crippen LogP contribution in [-0.4, -0.2) is 68.3 Å². The number of amides is 2. The Balaban J connectivity index is 1.92. The molecule has 1 aliphatic heterocycles. The van der Waals surface area contributed by atoms with Crippen molar-refractivity contribution in [3.8, 4) is 5.75 Å². The van der Waals surface area contributed by atoms with Gasteiger partial charge >= 0.3 is 6.03 Å². The summed E-state index contributed by atoms with van der Waals surface area (Å²) in [4.78, 5) is 17.2. The van der Waals surface area contributed by atoms with E-state index in [4.69, 9.17) is 4.74 Å². The average molecular weight is 363 g/mol. The predicted molar refractivity (Wildman–Crippen MR) is 107 cm³/mol. The Morgan fingerprint density at radius 2 is 1.92 bits per heavy atom. The number of anilines is 1. The molecule has 6 heteroatoms. The molecule has 0 aromatic heterocycles. The van der Waals surface area contributed by atoms with Crippen LogP contribution in [0.3, 0.4) is 0 Å². The Bertz CT molecular complexity index is 583. The minimum atomic E-state index is -0.186. The Kier molecular flexibility index (Phi) is 7.72. The van der Waals surface area contributed by atoms with Crippen molar-refractivity contribution in [1.29, 1.82) is 0 Å². The summed E-state index contributed by atoms with van der Waals surface area (Å²) < 4.78 is 5.63. The number of ether oxygens (including phenoxy) is 1. The molecule has 1 saturated heterocycles. The number of nitrogens with one attached hydrogen (secondary N) is 2. The summed E-state index contributed by atoms with van der Waals surface area (Å²) >= 11 is 0. The summed E-state index contributed by atoms with van der Waals surface area (Å²) in [6.07, 6.45) is 0. The van der Waals surface area contributed by atoms with Gasteiger partial charge in [0.1, 0.15) is 5.75 Å². The molecule has 1 aromatic rings. The maximum Gasteiger partial charge on any atom is 0.319 e. The lowest BCUT2D eigenvalue weighted by Crippen LogP contribution is -2.54. The number of benzene rings is 1. The fourth-order valence-electron chi connectivity index (χ4n) is 3.31. The molecule has 0 aliphatic carbocycles. The first-order valence-corrected chi connectivity index (χ1v) is 9.61. The van der Waals surface area contributed by atoms with Crippen molar-refractivity contribution < 1.29 is 9.53 Å². The molecule has 0 bridgehead atoms. The van der Waals surface area contributed by atoms with Crippen molar-refractivity contribution in [2.24, 2.45) is 5.92 Å². The quantitative estimate of drug-likeness (QED) is 0.783. The molecule has 0 spiro atoms. The van der Waals surface area contributed by atoms with Gasteiger partial charge in [-0.1, -0.05) is 19.9 Å². The molecular weight excluding hydrogens is 328 g/mol. The number of likely N-dealkylation sites (N-methyl/N-ethyl adjacent to an activating group) is 1. The fourth-order valence-corrected chi connectivity index (χ4v) is 3.31. The molecule has 1 heterocycles. The van der Waals surface area contributed by atoms with Gasteiger partial charge in [-0.3, -0.25) is 4.90 Å². The molecule has 1 unspecified atom stereocenters. The number of aryl methyl sites for hydroxylation is 1. The molecule has 2 N–H and O–H groups in total. The lowest BCUT2D eigenvalue weighted by molar-refractivity contribution is 0.0890. The number of urea groups is 1. The number of rotatable bonds is 7. The maximum atomic E-state index is 12.4. The number of piperazine rings is 1. The van der Waals surface area contributed by atoms with Crippen LogP contribution in [0.1, 0.15) is 26.3 Å². The van der Waals surface area contributed by atoms with Gasteiger partial charge in [0.05, 0.1) is 12.3 Å². The number of carbonyl (C=O) groups is 1. The first-order valence-electron chi connectivity index (χ1n) is 9.61. The van der Waals surface area contributed by atoms with Crippen molar-refractivity contribution in [3.05, 3.63) is 23.8 Å². The van der Waals surface area contributed by atoms with Gasteiger partial charge in [0.2, 0.25) is 0 Å². The summed E-state index contributed by atoms with van der Waals surface area (Å²) in [5.74, 6) is 1.19. The molecule has 2 rings (SSSR count). The summed E-state index contributed by atoms with van der Waals surface area (Å²) in [6, 6.07) is 5.97. The van der Waals surface area contributed by atoms with Crippen molar-refractivity contribution in [3.63, 3.8) is 0 Å². The molecule has 146 valence electrons. The van der Waals surface area contributed by atoms with Crippen LogP contribution in [0.25, 0.3) is 0 Å². The highest BCUT2D eigenvalue weighted by atomic mass is 16.5. The molecule has 6 nitrogen and oxygen atoms in total. The number of carbonyl (C=O) groups excluding carboxylic acids is 1. The van der Waals surface area contributed by atoms with Gasteiger partial charge in [-0.2, -0.15) is 0 Å². The van der Waals surface area contributed by atoms with Crippen LogP contribution in [0.4, 0.5) is 10.5 Å². The summed E-state index contributed by atoms with van der Waals surface area (Å²) in [6.45, 7) is 13.9. The van der Waals surface area contributed by atoms with Gasteiger partial charge in [-0.15, -0.1) is 0 Å². The lowest BCUT2D eigenvalue weighted by Gasteiger charge is -2.39. The molecule has 1 aromatic carbocycles. The zero-order valence-electron chi connectivity index (χ0n) is 16.8. The highest BCUT2D eigenvalue weighted by Crippen LogP contribution is 2.25. The Morgan fingerprint density at radius 1 is 1.23 bits per heavy atom. The van der Waals surface area contributed by atoms with Crippen LogP contribution >= 0.6 is 0 Å². The third-order valence-electron chi connectivity index (χ3n) is 4.93. The van der Waals surface area contributed by atoms with Crippen molar-refractivity contribution >= 4 is 11.7 Å². The Hall–Kier alpha value is -1.79. The van der Waals surface area contributed by atoms with Crippen molar-refractivity contribution in [1.82, 2.24) is 15.1 Å². The van der Waals surface area contributed by atoms with Gasteiger partial charge in [0.25, 0.3) is 0 Å². The molecule has 0 saturated carbocycles. The van der Waals surface area contributed by atoms with E-state index in [2.05, 4.69) is 41.3 Å². The molecule has 1 fully saturated rings. The van der Waals surface area contributed by atoms with E-state index in [1.54, 1.807) is 0 Å². The maximum absolute atomic E-state index is 12.4. The van der Waals surface area contributed by atoms with E-state index >= 15 is 0 Å². The number of hydrogen-bond acceptors (Lipinski definition) is 4. The van der Waals surface area contributed by atoms with Crippen LogP contribution in [0.15, 0.2) is 18.2 Å². The summed E-state index contributed by atoms with van der Waals surface area (Å²) in [5.41, 5.74) is 1.81. The average Bonchev–Trinajstić information content (AvgIpc) is 2.59. The van der Waals surface area contributed by atoms with E-state index in [1.165, 1.54) is 0 Å². The smallest absolute Gasteiger partial charge is 0.319 e. The van der Waals surface area contributed by atoms with Crippen LogP contribution in [0.2, 0.25) is 0 Å². The predicted octanol–water partition coefficient (Wildman–Crippen LogP) is 2.79. The number of nitrogens with zero attached hydrogens (tertiary/aromatic N) is 2. The van der Waals surface area contributed by atoms with Gasteiger partial charge in [-0.05, 0) is 44.5 Å². The summed E-state index contributed by atoms with van der Waals surface area (Å²) in [5, 5.41) is 5.97. The van der Waals surface area contributed by atoms with Crippen molar-refractivity contribution in [2.45, 2.75) is 33.7 Å². The van der Waals surface area contributed by atoms with Crippen LogP contribution in [-0.2, 0) is 0 Å². The molecule has 1 atom stereocenters. The molecule has 26 heavy (non-hydrogen) atoms. The zero-order valence-corrected chi connectivity index (χ0v) is 16.8. The van der Waals surface area contributed by atoms with Crippen LogP contribution in [0.5, 0.6) is 5.75 Å². The third-order valence-corrected chi connectivity index (χ3v) is 4.93. The minimum absolute atomic E-state index is 0.186. The third kappa shape index (κ3) is 5.88. The molecule has 1 aliphatic rings.